The number of rotatable bonds is 12. The van der Waals surface area contributed by atoms with Crippen LogP contribution in [-0.2, 0) is 4.74 Å². The van der Waals surface area contributed by atoms with Crippen LogP contribution in [-0.4, -0.2) is 24.8 Å². The van der Waals surface area contributed by atoms with Gasteiger partial charge in [-0.25, -0.2) is 0 Å². The van der Waals surface area contributed by atoms with Crippen LogP contribution in [0.5, 0.6) is 0 Å². The fraction of sp³-hybridized carbons (Fsp3) is 0.941. The van der Waals surface area contributed by atoms with Gasteiger partial charge in [-0.3, -0.25) is 5.32 Å². The van der Waals surface area contributed by atoms with E-state index < -0.39 is 5.54 Å². The van der Waals surface area contributed by atoms with Crippen LogP contribution >= 0.6 is 0 Å². The molecule has 0 aliphatic rings. The van der Waals surface area contributed by atoms with Crippen LogP contribution in [0.2, 0.25) is 0 Å². The lowest BCUT2D eigenvalue weighted by molar-refractivity contribution is 0.0220. The van der Waals surface area contributed by atoms with Crippen molar-refractivity contribution in [2.24, 2.45) is 5.92 Å². The first-order chi connectivity index (χ1) is 9.51. The Morgan fingerprint density at radius 2 is 1.95 bits per heavy atom. The molecule has 0 aromatic carbocycles. The van der Waals surface area contributed by atoms with Gasteiger partial charge in [0, 0.05) is 13.0 Å². The van der Waals surface area contributed by atoms with Gasteiger partial charge >= 0.3 is 0 Å². The number of hydrogen-bond donors (Lipinski definition) is 1. The van der Waals surface area contributed by atoms with Crippen molar-refractivity contribution < 1.29 is 4.74 Å². The predicted molar refractivity (Wildman–Crippen MR) is 85.6 cm³/mol. The molecule has 3 nitrogen and oxygen atoms in total. The molecule has 0 rings (SSSR count). The van der Waals surface area contributed by atoms with Crippen molar-refractivity contribution in [1.82, 2.24) is 5.32 Å². The Bertz CT molecular complexity index is 275. The zero-order chi connectivity index (χ0) is 15.4. The molecule has 0 heterocycles. The molecule has 20 heavy (non-hydrogen) atoms. The SMILES string of the molecule is CCCCC(CC)COC(C)CC(C)(C#N)NCCC. The molecule has 3 heteroatoms. The highest BCUT2D eigenvalue weighted by atomic mass is 16.5. The highest BCUT2D eigenvalue weighted by Gasteiger charge is 2.26. The average Bonchev–Trinajstić information content (AvgIpc) is 2.45. The molecular formula is C17H34N2O. The largest absolute Gasteiger partial charge is 0.378 e. The maximum atomic E-state index is 9.33. The van der Waals surface area contributed by atoms with Crippen LogP contribution in [0.4, 0.5) is 0 Å². The number of nitrogens with zero attached hydrogens (tertiary/aromatic N) is 1. The fourth-order valence-electron chi connectivity index (χ4n) is 2.39. The maximum Gasteiger partial charge on any atom is 0.106 e. The summed E-state index contributed by atoms with van der Waals surface area (Å²) in [6, 6.07) is 2.39. The monoisotopic (exact) mass is 282 g/mol. The summed E-state index contributed by atoms with van der Waals surface area (Å²) >= 11 is 0. The Hall–Kier alpha value is -0.590. The Kier molecular flexibility index (Phi) is 10.8. The predicted octanol–water partition coefficient (Wildman–Crippen LogP) is 4.28. The lowest BCUT2D eigenvalue weighted by Crippen LogP contribution is -2.44. The van der Waals surface area contributed by atoms with Crippen molar-refractivity contribution in [3.63, 3.8) is 0 Å². The van der Waals surface area contributed by atoms with Crippen LogP contribution < -0.4 is 5.32 Å². The normalized spacial score (nSPS) is 17.2. The van der Waals surface area contributed by atoms with Gasteiger partial charge in [-0.2, -0.15) is 5.26 Å². The summed E-state index contributed by atoms with van der Waals surface area (Å²) in [4.78, 5) is 0. The summed E-state index contributed by atoms with van der Waals surface area (Å²) in [5.41, 5.74) is -0.472. The van der Waals surface area contributed by atoms with Crippen LogP contribution in [0.25, 0.3) is 0 Å². The third kappa shape index (κ3) is 8.55. The molecule has 3 atom stereocenters. The van der Waals surface area contributed by atoms with E-state index in [1.54, 1.807) is 0 Å². The van der Waals surface area contributed by atoms with Crippen molar-refractivity contribution >= 4 is 0 Å². The van der Waals surface area contributed by atoms with E-state index in [0.29, 0.717) is 5.92 Å². The zero-order valence-corrected chi connectivity index (χ0v) is 14.2. The van der Waals surface area contributed by atoms with Gasteiger partial charge in [-0.1, -0.05) is 40.0 Å². The number of ether oxygens (including phenoxy) is 1. The number of nitriles is 1. The number of unbranched alkanes of at least 4 members (excludes halogenated alkanes) is 1. The lowest BCUT2D eigenvalue weighted by atomic mass is 9.96. The summed E-state index contributed by atoms with van der Waals surface area (Å²) in [6.45, 7) is 12.3. The van der Waals surface area contributed by atoms with Crippen molar-refractivity contribution in [1.29, 1.82) is 5.26 Å². The molecule has 1 N–H and O–H groups in total. The summed E-state index contributed by atoms with van der Waals surface area (Å²) < 4.78 is 5.98. The first kappa shape index (κ1) is 19.4. The molecule has 0 saturated heterocycles. The molecule has 0 radical (unpaired) electrons. The van der Waals surface area contributed by atoms with Crippen molar-refractivity contribution in [2.75, 3.05) is 13.2 Å². The minimum absolute atomic E-state index is 0.125. The van der Waals surface area contributed by atoms with E-state index >= 15 is 0 Å². The molecule has 3 unspecified atom stereocenters. The molecule has 0 bridgehead atoms. The van der Waals surface area contributed by atoms with E-state index in [1.165, 1.54) is 25.7 Å². The van der Waals surface area contributed by atoms with Gasteiger partial charge in [0.15, 0.2) is 0 Å². The molecule has 118 valence electrons. The molecule has 0 amide bonds. The van der Waals surface area contributed by atoms with Gasteiger partial charge in [-0.15, -0.1) is 0 Å². The highest BCUT2D eigenvalue weighted by Crippen LogP contribution is 2.17. The lowest BCUT2D eigenvalue weighted by Gasteiger charge is -2.27. The van der Waals surface area contributed by atoms with Gasteiger partial charge in [-0.05, 0) is 39.2 Å². The van der Waals surface area contributed by atoms with Crippen molar-refractivity contribution in [2.45, 2.75) is 84.8 Å². The standard InChI is InChI=1S/C17H34N2O/c1-6-9-10-16(8-3)13-20-15(4)12-17(5,14-18)19-11-7-2/h15-16,19H,6-13H2,1-5H3. The summed E-state index contributed by atoms with van der Waals surface area (Å²) in [5, 5.41) is 12.7. The van der Waals surface area contributed by atoms with E-state index in [0.717, 1.165) is 26.0 Å². The third-order valence-corrected chi connectivity index (χ3v) is 3.87. The molecule has 0 spiro atoms. The first-order valence-electron chi connectivity index (χ1n) is 8.29. The van der Waals surface area contributed by atoms with Gasteiger partial charge < -0.3 is 4.74 Å². The highest BCUT2D eigenvalue weighted by molar-refractivity contribution is 5.04. The summed E-state index contributed by atoms with van der Waals surface area (Å²) in [5.74, 6) is 0.661. The Balaban J connectivity index is 4.12. The van der Waals surface area contributed by atoms with Crippen molar-refractivity contribution in [3.05, 3.63) is 0 Å². The molecular weight excluding hydrogens is 248 g/mol. The van der Waals surface area contributed by atoms with E-state index in [9.17, 15) is 5.26 Å². The van der Waals surface area contributed by atoms with E-state index in [-0.39, 0.29) is 6.10 Å². The van der Waals surface area contributed by atoms with E-state index in [1.807, 2.05) is 6.92 Å². The summed E-state index contributed by atoms with van der Waals surface area (Å²) in [6.07, 6.45) is 6.87. The van der Waals surface area contributed by atoms with Crippen LogP contribution in [0.3, 0.4) is 0 Å². The topological polar surface area (TPSA) is 45.0 Å². The van der Waals surface area contributed by atoms with Gasteiger partial charge in [0.05, 0.1) is 12.2 Å². The molecule has 0 fully saturated rings. The Morgan fingerprint density at radius 1 is 1.25 bits per heavy atom. The van der Waals surface area contributed by atoms with Crippen LogP contribution in [0, 0.1) is 17.2 Å². The molecule has 0 saturated carbocycles. The molecule has 0 aromatic rings. The van der Waals surface area contributed by atoms with Gasteiger partial charge in [0.25, 0.3) is 0 Å². The third-order valence-electron chi connectivity index (χ3n) is 3.87. The molecule has 0 aliphatic carbocycles. The smallest absolute Gasteiger partial charge is 0.106 e. The fourth-order valence-corrected chi connectivity index (χ4v) is 2.39. The minimum Gasteiger partial charge on any atom is -0.378 e. The van der Waals surface area contributed by atoms with Gasteiger partial charge in [0.1, 0.15) is 5.54 Å². The van der Waals surface area contributed by atoms with Crippen LogP contribution in [0.1, 0.15) is 73.1 Å². The Labute approximate surface area is 126 Å². The van der Waals surface area contributed by atoms with E-state index in [4.69, 9.17) is 4.74 Å². The van der Waals surface area contributed by atoms with Crippen molar-refractivity contribution in [3.8, 4) is 6.07 Å². The van der Waals surface area contributed by atoms with E-state index in [2.05, 4.69) is 39.1 Å². The number of hydrogen-bond acceptors (Lipinski definition) is 3. The second kappa shape index (κ2) is 11.1. The maximum absolute atomic E-state index is 9.33. The Morgan fingerprint density at radius 3 is 2.45 bits per heavy atom. The number of nitrogens with one attached hydrogen (secondary N) is 1. The minimum atomic E-state index is -0.472. The average molecular weight is 282 g/mol. The van der Waals surface area contributed by atoms with Gasteiger partial charge in [0.2, 0.25) is 0 Å². The summed E-state index contributed by atoms with van der Waals surface area (Å²) in [7, 11) is 0. The molecule has 0 aliphatic heterocycles. The zero-order valence-electron chi connectivity index (χ0n) is 14.2. The first-order valence-corrected chi connectivity index (χ1v) is 8.29. The second-order valence-electron chi connectivity index (χ2n) is 6.14. The molecule has 0 aromatic heterocycles. The second-order valence-corrected chi connectivity index (χ2v) is 6.14. The quantitative estimate of drug-likeness (QED) is 0.581. The van der Waals surface area contributed by atoms with Crippen LogP contribution in [0.15, 0.2) is 0 Å².